The fourth-order valence-corrected chi connectivity index (χ4v) is 4.47. The number of nitrogens with one attached hydrogen (secondary N) is 1. The van der Waals surface area contributed by atoms with Gasteiger partial charge < -0.3 is 9.47 Å². The molecular formula is C16H26N2O4S. The molecule has 1 fully saturated rings. The second-order valence-electron chi connectivity index (χ2n) is 5.94. The van der Waals surface area contributed by atoms with Crippen LogP contribution in [0.3, 0.4) is 0 Å². The minimum atomic E-state index is -3.54. The summed E-state index contributed by atoms with van der Waals surface area (Å²) in [5.74, 6) is 0.667. The summed E-state index contributed by atoms with van der Waals surface area (Å²) in [6.07, 6.45) is 0. The molecular weight excluding hydrogens is 316 g/mol. The van der Waals surface area contributed by atoms with Crippen molar-refractivity contribution < 1.29 is 17.9 Å². The van der Waals surface area contributed by atoms with Gasteiger partial charge in [0.05, 0.1) is 25.2 Å². The van der Waals surface area contributed by atoms with Crippen molar-refractivity contribution in [3.63, 3.8) is 0 Å². The number of sulfonamides is 1. The van der Waals surface area contributed by atoms with Crippen LogP contribution < -0.4 is 9.46 Å². The third-order valence-corrected chi connectivity index (χ3v) is 5.90. The van der Waals surface area contributed by atoms with Crippen molar-refractivity contribution in [2.24, 2.45) is 0 Å². The van der Waals surface area contributed by atoms with Crippen LogP contribution in [0.25, 0.3) is 0 Å². The molecule has 7 heteroatoms. The van der Waals surface area contributed by atoms with Crippen molar-refractivity contribution in [2.75, 3.05) is 40.0 Å². The first kappa shape index (κ1) is 18.2. The van der Waals surface area contributed by atoms with Gasteiger partial charge in [-0.05, 0) is 44.0 Å². The van der Waals surface area contributed by atoms with E-state index in [4.69, 9.17) is 9.47 Å². The van der Waals surface area contributed by atoms with Gasteiger partial charge in [-0.25, -0.2) is 13.1 Å². The quantitative estimate of drug-likeness (QED) is 0.844. The number of nitrogens with zero attached hydrogens (tertiary/aromatic N) is 1. The number of benzene rings is 1. The van der Waals surface area contributed by atoms with Gasteiger partial charge in [-0.3, -0.25) is 4.90 Å². The van der Waals surface area contributed by atoms with Crippen LogP contribution in [0.5, 0.6) is 5.75 Å². The van der Waals surface area contributed by atoms with E-state index in [-0.39, 0.29) is 6.04 Å². The van der Waals surface area contributed by atoms with Gasteiger partial charge in [0.1, 0.15) is 5.75 Å². The van der Waals surface area contributed by atoms with Crippen LogP contribution in [0.2, 0.25) is 0 Å². The molecule has 1 heterocycles. The molecule has 0 radical (unpaired) electrons. The fraction of sp³-hybridized carbons (Fsp3) is 0.625. The summed E-state index contributed by atoms with van der Waals surface area (Å²) < 4.78 is 38.6. The SMILES string of the molecule is COc1cc(C)c(S(=O)(=O)NC[C@H](C)N2CCOCC2)c(C)c1. The van der Waals surface area contributed by atoms with Crippen LogP contribution in [-0.4, -0.2) is 59.3 Å². The van der Waals surface area contributed by atoms with E-state index < -0.39 is 10.0 Å². The molecule has 0 unspecified atom stereocenters. The van der Waals surface area contributed by atoms with E-state index in [1.807, 2.05) is 6.92 Å². The minimum absolute atomic E-state index is 0.132. The van der Waals surface area contributed by atoms with Crippen molar-refractivity contribution in [2.45, 2.75) is 31.7 Å². The lowest BCUT2D eigenvalue weighted by Gasteiger charge is -2.32. The largest absolute Gasteiger partial charge is 0.497 e. The van der Waals surface area contributed by atoms with E-state index in [1.54, 1.807) is 33.1 Å². The van der Waals surface area contributed by atoms with Gasteiger partial charge in [-0.1, -0.05) is 0 Å². The van der Waals surface area contributed by atoms with Gasteiger partial charge in [0.25, 0.3) is 0 Å². The Labute approximate surface area is 138 Å². The average molecular weight is 342 g/mol. The number of hydrogen-bond acceptors (Lipinski definition) is 5. The van der Waals surface area contributed by atoms with Crippen LogP contribution >= 0.6 is 0 Å². The number of aryl methyl sites for hydroxylation is 2. The number of rotatable bonds is 6. The van der Waals surface area contributed by atoms with E-state index in [9.17, 15) is 8.42 Å². The molecule has 1 aromatic rings. The summed E-state index contributed by atoms with van der Waals surface area (Å²) in [6.45, 7) is 9.06. The highest BCUT2D eigenvalue weighted by Crippen LogP contribution is 2.25. The van der Waals surface area contributed by atoms with E-state index in [0.29, 0.717) is 41.5 Å². The van der Waals surface area contributed by atoms with Crippen molar-refractivity contribution in [1.29, 1.82) is 0 Å². The van der Waals surface area contributed by atoms with E-state index >= 15 is 0 Å². The zero-order valence-corrected chi connectivity index (χ0v) is 15.1. The summed E-state index contributed by atoms with van der Waals surface area (Å²) in [7, 11) is -1.97. The Morgan fingerprint density at radius 1 is 1.26 bits per heavy atom. The molecule has 1 N–H and O–H groups in total. The number of ether oxygens (including phenoxy) is 2. The van der Waals surface area contributed by atoms with Crippen molar-refractivity contribution >= 4 is 10.0 Å². The van der Waals surface area contributed by atoms with Crippen molar-refractivity contribution in [3.05, 3.63) is 23.3 Å². The molecule has 23 heavy (non-hydrogen) atoms. The van der Waals surface area contributed by atoms with Crippen molar-refractivity contribution in [3.8, 4) is 5.75 Å². The maximum atomic E-state index is 12.7. The topological polar surface area (TPSA) is 67.9 Å². The average Bonchev–Trinajstić information content (AvgIpc) is 2.52. The second kappa shape index (κ2) is 7.61. The third kappa shape index (κ3) is 4.44. The lowest BCUT2D eigenvalue weighted by atomic mass is 10.1. The monoisotopic (exact) mass is 342 g/mol. The smallest absolute Gasteiger partial charge is 0.241 e. The molecule has 2 rings (SSSR count). The normalized spacial score (nSPS) is 17.9. The summed E-state index contributed by atoms with van der Waals surface area (Å²) in [4.78, 5) is 2.58. The predicted molar refractivity (Wildman–Crippen MR) is 89.5 cm³/mol. The molecule has 0 saturated carbocycles. The first-order chi connectivity index (χ1) is 10.8. The van der Waals surface area contributed by atoms with Crippen LogP contribution in [0.1, 0.15) is 18.1 Å². The minimum Gasteiger partial charge on any atom is -0.497 e. The van der Waals surface area contributed by atoms with Crippen LogP contribution in [-0.2, 0) is 14.8 Å². The van der Waals surface area contributed by atoms with E-state index in [1.165, 1.54) is 0 Å². The summed E-state index contributed by atoms with van der Waals surface area (Å²) in [5, 5.41) is 0. The van der Waals surface area contributed by atoms with Gasteiger partial charge in [0, 0.05) is 25.7 Å². The molecule has 0 spiro atoms. The number of morpholine rings is 1. The van der Waals surface area contributed by atoms with Gasteiger partial charge in [-0.15, -0.1) is 0 Å². The number of hydrogen-bond donors (Lipinski definition) is 1. The lowest BCUT2D eigenvalue weighted by Crippen LogP contribution is -2.47. The Hall–Kier alpha value is -1.15. The van der Waals surface area contributed by atoms with Crippen LogP contribution in [0.4, 0.5) is 0 Å². The first-order valence-corrected chi connectivity index (χ1v) is 9.30. The van der Waals surface area contributed by atoms with Crippen LogP contribution in [0, 0.1) is 13.8 Å². The standard InChI is InChI=1S/C16H26N2O4S/c1-12-9-15(21-4)10-13(2)16(12)23(19,20)17-11-14(3)18-5-7-22-8-6-18/h9-10,14,17H,5-8,11H2,1-4H3/t14-/m0/s1. The highest BCUT2D eigenvalue weighted by Gasteiger charge is 2.23. The Balaban J connectivity index is 2.10. The predicted octanol–water partition coefficient (Wildman–Crippen LogP) is 1.31. The summed E-state index contributed by atoms with van der Waals surface area (Å²) in [6, 6.07) is 3.62. The molecule has 0 amide bonds. The Morgan fingerprint density at radius 3 is 2.35 bits per heavy atom. The molecule has 0 aromatic heterocycles. The summed E-state index contributed by atoms with van der Waals surface area (Å²) >= 11 is 0. The highest BCUT2D eigenvalue weighted by atomic mass is 32.2. The zero-order valence-electron chi connectivity index (χ0n) is 14.3. The Morgan fingerprint density at radius 2 is 1.83 bits per heavy atom. The number of methoxy groups -OCH3 is 1. The molecule has 1 saturated heterocycles. The summed E-state index contributed by atoms with van der Waals surface area (Å²) in [5.41, 5.74) is 1.38. The first-order valence-electron chi connectivity index (χ1n) is 7.82. The molecule has 6 nitrogen and oxygen atoms in total. The second-order valence-corrected chi connectivity index (χ2v) is 7.64. The van der Waals surface area contributed by atoms with Gasteiger partial charge in [0.15, 0.2) is 0 Å². The molecule has 130 valence electrons. The van der Waals surface area contributed by atoms with Gasteiger partial charge in [-0.2, -0.15) is 0 Å². The molecule has 1 aliphatic heterocycles. The fourth-order valence-electron chi connectivity index (χ4n) is 2.90. The van der Waals surface area contributed by atoms with Crippen molar-refractivity contribution in [1.82, 2.24) is 9.62 Å². The Kier molecular flexibility index (Phi) is 6.02. The molecule has 0 aliphatic carbocycles. The zero-order chi connectivity index (χ0) is 17.0. The molecule has 0 bridgehead atoms. The molecule has 1 aromatic carbocycles. The molecule has 1 aliphatic rings. The third-order valence-electron chi connectivity index (χ3n) is 4.18. The lowest BCUT2D eigenvalue weighted by molar-refractivity contribution is 0.0213. The Bertz CT molecular complexity index is 616. The van der Waals surface area contributed by atoms with E-state index in [2.05, 4.69) is 9.62 Å². The van der Waals surface area contributed by atoms with E-state index in [0.717, 1.165) is 13.1 Å². The van der Waals surface area contributed by atoms with Crippen LogP contribution in [0.15, 0.2) is 17.0 Å². The maximum absolute atomic E-state index is 12.7. The maximum Gasteiger partial charge on any atom is 0.241 e. The molecule has 1 atom stereocenters. The van der Waals surface area contributed by atoms with Gasteiger partial charge >= 0.3 is 0 Å². The highest BCUT2D eigenvalue weighted by molar-refractivity contribution is 7.89. The van der Waals surface area contributed by atoms with Gasteiger partial charge in [0.2, 0.25) is 10.0 Å².